The van der Waals surface area contributed by atoms with E-state index in [4.69, 9.17) is 5.11 Å². The number of nitrogens with zero attached hydrogens (tertiary/aromatic N) is 1. The van der Waals surface area contributed by atoms with Crippen LogP contribution in [-0.4, -0.2) is 31.9 Å². The van der Waals surface area contributed by atoms with E-state index in [1.54, 1.807) is 12.3 Å². The molecule has 2 aromatic rings. The third kappa shape index (κ3) is 3.32. The van der Waals surface area contributed by atoms with Crippen LogP contribution in [0.4, 0.5) is 0 Å². The van der Waals surface area contributed by atoms with Gasteiger partial charge in [-0.25, -0.2) is 4.79 Å². The summed E-state index contributed by atoms with van der Waals surface area (Å²) in [6.07, 6.45) is 4.40. The van der Waals surface area contributed by atoms with Crippen LogP contribution in [0.15, 0.2) is 42.7 Å². The summed E-state index contributed by atoms with van der Waals surface area (Å²) < 4.78 is 0. The number of hydrogen-bond donors (Lipinski definition) is 3. The SMILES string of the molecule is O=C(O)C(=O)C=C(O)c1c[nH]c(Cc2ccccn2)c1. The second-order valence-electron chi connectivity index (χ2n) is 4.11. The van der Waals surface area contributed by atoms with Gasteiger partial charge in [0.05, 0.1) is 0 Å². The normalized spacial score (nSPS) is 11.3. The van der Waals surface area contributed by atoms with Gasteiger partial charge >= 0.3 is 5.97 Å². The Kier molecular flexibility index (Phi) is 3.95. The summed E-state index contributed by atoms with van der Waals surface area (Å²) in [6, 6.07) is 7.19. The van der Waals surface area contributed by atoms with Gasteiger partial charge in [0.25, 0.3) is 5.78 Å². The Morgan fingerprint density at radius 3 is 2.75 bits per heavy atom. The van der Waals surface area contributed by atoms with Crippen LogP contribution >= 0.6 is 0 Å². The number of carbonyl (C=O) groups is 2. The standard InChI is InChI=1S/C14H12N2O4/c17-12(7-13(18)14(19)20)9-5-11(16-8-9)6-10-3-1-2-4-15-10/h1-5,7-8,16-17H,6H2,(H,19,20). The first-order chi connectivity index (χ1) is 9.56. The van der Waals surface area contributed by atoms with Crippen LogP contribution in [0.3, 0.4) is 0 Å². The van der Waals surface area contributed by atoms with Crippen molar-refractivity contribution in [2.75, 3.05) is 0 Å². The lowest BCUT2D eigenvalue weighted by Crippen LogP contribution is -2.09. The monoisotopic (exact) mass is 272 g/mol. The Morgan fingerprint density at radius 2 is 2.10 bits per heavy atom. The quantitative estimate of drug-likeness (QED) is 0.435. The first-order valence-corrected chi connectivity index (χ1v) is 5.82. The molecule has 20 heavy (non-hydrogen) atoms. The van der Waals surface area contributed by atoms with Gasteiger partial charge in [-0.3, -0.25) is 9.78 Å². The number of H-pyrrole nitrogens is 1. The zero-order chi connectivity index (χ0) is 14.5. The predicted octanol–water partition coefficient (Wildman–Crippen LogP) is 1.55. The second kappa shape index (κ2) is 5.83. The molecule has 0 saturated carbocycles. The van der Waals surface area contributed by atoms with Crippen molar-refractivity contribution in [3.05, 3.63) is 59.7 Å². The van der Waals surface area contributed by atoms with E-state index in [0.29, 0.717) is 18.1 Å². The van der Waals surface area contributed by atoms with Gasteiger partial charge in [-0.15, -0.1) is 0 Å². The first kappa shape index (κ1) is 13.5. The lowest BCUT2D eigenvalue weighted by atomic mass is 10.2. The third-order valence-corrected chi connectivity index (χ3v) is 2.61. The smallest absolute Gasteiger partial charge is 0.376 e. The van der Waals surface area contributed by atoms with Gasteiger partial charge in [0.15, 0.2) is 0 Å². The molecule has 2 rings (SSSR count). The zero-order valence-electron chi connectivity index (χ0n) is 10.4. The predicted molar refractivity (Wildman–Crippen MR) is 71.1 cm³/mol. The zero-order valence-corrected chi connectivity index (χ0v) is 10.4. The number of carboxylic acid groups (broad SMARTS) is 1. The highest BCUT2D eigenvalue weighted by molar-refractivity contribution is 6.38. The average Bonchev–Trinajstić information content (AvgIpc) is 2.88. The van der Waals surface area contributed by atoms with E-state index in [0.717, 1.165) is 11.4 Å². The van der Waals surface area contributed by atoms with Crippen molar-refractivity contribution >= 4 is 17.5 Å². The number of aromatic amines is 1. The molecule has 0 saturated heterocycles. The highest BCUT2D eigenvalue weighted by Gasteiger charge is 2.11. The van der Waals surface area contributed by atoms with E-state index in [-0.39, 0.29) is 5.76 Å². The fraction of sp³-hybridized carbons (Fsp3) is 0.0714. The minimum absolute atomic E-state index is 0.352. The van der Waals surface area contributed by atoms with Gasteiger partial charge in [0.1, 0.15) is 5.76 Å². The van der Waals surface area contributed by atoms with Crippen molar-refractivity contribution in [1.82, 2.24) is 9.97 Å². The minimum atomic E-state index is -1.61. The maximum atomic E-state index is 11.0. The molecular weight excluding hydrogens is 260 g/mol. The lowest BCUT2D eigenvalue weighted by Gasteiger charge is -1.96. The maximum Gasteiger partial charge on any atom is 0.376 e. The van der Waals surface area contributed by atoms with Gasteiger partial charge in [-0.05, 0) is 18.2 Å². The van der Waals surface area contributed by atoms with Gasteiger partial charge in [0.2, 0.25) is 0 Å². The summed E-state index contributed by atoms with van der Waals surface area (Å²) in [5.74, 6) is -3.17. The number of aliphatic hydroxyl groups is 1. The van der Waals surface area contributed by atoms with Crippen LogP contribution in [0.5, 0.6) is 0 Å². The number of pyridine rings is 1. The number of hydrogen-bond acceptors (Lipinski definition) is 4. The van der Waals surface area contributed by atoms with Crippen LogP contribution < -0.4 is 0 Å². The van der Waals surface area contributed by atoms with E-state index in [9.17, 15) is 14.7 Å². The van der Waals surface area contributed by atoms with Gasteiger partial charge < -0.3 is 15.2 Å². The van der Waals surface area contributed by atoms with Crippen molar-refractivity contribution in [1.29, 1.82) is 0 Å². The van der Waals surface area contributed by atoms with E-state index >= 15 is 0 Å². The average molecular weight is 272 g/mol. The molecule has 3 N–H and O–H groups in total. The molecule has 0 bridgehead atoms. The van der Waals surface area contributed by atoms with Crippen molar-refractivity contribution in [3.8, 4) is 0 Å². The fourth-order valence-electron chi connectivity index (χ4n) is 1.66. The molecule has 0 aliphatic carbocycles. The lowest BCUT2D eigenvalue weighted by molar-refractivity contribution is -0.146. The second-order valence-corrected chi connectivity index (χ2v) is 4.11. The Morgan fingerprint density at radius 1 is 1.30 bits per heavy atom. The Hall–Kier alpha value is -2.89. The van der Waals surface area contributed by atoms with Gasteiger partial charge in [-0.1, -0.05) is 6.07 Å². The van der Waals surface area contributed by atoms with Crippen LogP contribution in [0, 0.1) is 0 Å². The number of carbonyl (C=O) groups excluding carboxylic acids is 1. The van der Waals surface area contributed by atoms with Crippen LogP contribution in [0.1, 0.15) is 17.0 Å². The summed E-state index contributed by atoms with van der Waals surface area (Å²) in [5.41, 5.74) is 2.00. The molecule has 102 valence electrons. The van der Waals surface area contributed by atoms with E-state index in [1.165, 1.54) is 6.20 Å². The number of aromatic nitrogens is 2. The molecule has 0 amide bonds. The number of carboxylic acids is 1. The molecule has 0 unspecified atom stereocenters. The molecule has 2 aromatic heterocycles. The third-order valence-electron chi connectivity index (χ3n) is 2.61. The number of ketones is 1. The highest BCUT2D eigenvalue weighted by Crippen LogP contribution is 2.15. The molecular formula is C14H12N2O4. The van der Waals surface area contributed by atoms with Crippen LogP contribution in [0.25, 0.3) is 5.76 Å². The molecule has 6 heteroatoms. The molecule has 0 aliphatic rings. The summed E-state index contributed by atoms with van der Waals surface area (Å²) in [6.45, 7) is 0. The van der Waals surface area contributed by atoms with E-state index in [2.05, 4.69) is 9.97 Å². The van der Waals surface area contributed by atoms with Gasteiger partial charge in [0, 0.05) is 41.8 Å². The molecule has 0 aliphatic heterocycles. The Balaban J connectivity index is 2.13. The first-order valence-electron chi connectivity index (χ1n) is 5.82. The molecule has 0 spiro atoms. The number of rotatable bonds is 5. The number of nitrogens with one attached hydrogen (secondary N) is 1. The minimum Gasteiger partial charge on any atom is -0.507 e. The molecule has 2 heterocycles. The van der Waals surface area contributed by atoms with Crippen LogP contribution in [0.2, 0.25) is 0 Å². The summed E-state index contributed by atoms with van der Waals surface area (Å²) in [5, 5.41) is 18.1. The number of aliphatic hydroxyl groups excluding tert-OH is 1. The Bertz CT molecular complexity index is 659. The maximum absolute atomic E-state index is 11.0. The van der Waals surface area contributed by atoms with E-state index in [1.807, 2.05) is 18.2 Å². The highest BCUT2D eigenvalue weighted by atomic mass is 16.4. The molecule has 0 radical (unpaired) electrons. The van der Waals surface area contributed by atoms with Crippen molar-refractivity contribution < 1.29 is 19.8 Å². The Labute approximate surface area is 114 Å². The largest absolute Gasteiger partial charge is 0.507 e. The molecule has 0 fully saturated rings. The van der Waals surface area contributed by atoms with Crippen molar-refractivity contribution in [2.45, 2.75) is 6.42 Å². The number of aliphatic carboxylic acids is 1. The topological polar surface area (TPSA) is 103 Å². The summed E-state index contributed by atoms with van der Waals surface area (Å²) in [7, 11) is 0. The van der Waals surface area contributed by atoms with Crippen molar-refractivity contribution in [3.63, 3.8) is 0 Å². The molecule has 6 nitrogen and oxygen atoms in total. The fourth-order valence-corrected chi connectivity index (χ4v) is 1.66. The molecule has 0 atom stereocenters. The van der Waals surface area contributed by atoms with Crippen molar-refractivity contribution in [2.24, 2.45) is 0 Å². The van der Waals surface area contributed by atoms with E-state index < -0.39 is 11.8 Å². The van der Waals surface area contributed by atoms with Gasteiger partial charge in [-0.2, -0.15) is 0 Å². The molecule has 0 aromatic carbocycles. The summed E-state index contributed by atoms with van der Waals surface area (Å²) in [4.78, 5) is 28.5. The van der Waals surface area contributed by atoms with Crippen LogP contribution in [-0.2, 0) is 16.0 Å². The summed E-state index contributed by atoms with van der Waals surface area (Å²) >= 11 is 0.